The van der Waals surface area contributed by atoms with Gasteiger partial charge in [0, 0.05) is 17.4 Å². The molecule has 2 aromatic carbocycles. The predicted octanol–water partition coefficient (Wildman–Crippen LogP) is 5.50. The molecular weight excluding hydrogens is 266 g/mol. The first-order valence-electron chi connectivity index (χ1n) is 8.78. The lowest BCUT2D eigenvalue weighted by Gasteiger charge is -2.39. The number of hydrogen-bond donors (Lipinski definition) is 0. The van der Waals surface area contributed by atoms with Crippen molar-refractivity contribution in [1.82, 2.24) is 0 Å². The van der Waals surface area contributed by atoms with Crippen LogP contribution in [-0.2, 0) is 12.8 Å². The molecule has 0 bridgehead atoms. The molecule has 4 rings (SSSR count). The number of aryl methyl sites for hydroxylation is 2. The Labute approximate surface area is 134 Å². The van der Waals surface area contributed by atoms with E-state index in [4.69, 9.17) is 0 Å². The van der Waals surface area contributed by atoms with Gasteiger partial charge in [-0.2, -0.15) is 0 Å². The highest BCUT2D eigenvalue weighted by Gasteiger charge is 2.29. The van der Waals surface area contributed by atoms with Crippen LogP contribution in [0.15, 0.2) is 48.5 Å². The van der Waals surface area contributed by atoms with Crippen molar-refractivity contribution in [2.75, 3.05) is 4.90 Å². The van der Waals surface area contributed by atoms with E-state index in [-0.39, 0.29) is 0 Å². The van der Waals surface area contributed by atoms with E-state index in [0.29, 0.717) is 6.04 Å². The van der Waals surface area contributed by atoms with Gasteiger partial charge in [0.05, 0.1) is 0 Å². The first kappa shape index (κ1) is 13.9. The normalized spacial score (nSPS) is 24.3. The summed E-state index contributed by atoms with van der Waals surface area (Å²) in [5.41, 5.74) is 5.92. The lowest BCUT2D eigenvalue weighted by Crippen LogP contribution is -2.35. The van der Waals surface area contributed by atoms with Crippen molar-refractivity contribution in [3.05, 3.63) is 59.7 Å². The molecule has 1 heteroatoms. The molecule has 0 amide bonds. The summed E-state index contributed by atoms with van der Waals surface area (Å²) in [4.78, 5) is 2.67. The molecule has 2 aromatic rings. The van der Waals surface area contributed by atoms with Gasteiger partial charge in [0.15, 0.2) is 0 Å². The Bertz CT molecular complexity index is 613. The van der Waals surface area contributed by atoms with Crippen LogP contribution in [0.5, 0.6) is 0 Å². The van der Waals surface area contributed by atoms with E-state index in [1.807, 2.05) is 0 Å². The third-order valence-corrected chi connectivity index (χ3v) is 5.44. The maximum Gasteiger partial charge on any atom is 0.0446 e. The van der Waals surface area contributed by atoms with Crippen LogP contribution in [0.25, 0.3) is 0 Å². The average Bonchev–Trinajstić information content (AvgIpc) is 2.71. The number of para-hydroxylation sites is 2. The minimum Gasteiger partial charge on any atom is -0.338 e. The standard InChI is InChI=1S/C21H25N/c1-16-7-6-10-19(15-16)22-20-11-4-2-8-17(20)13-14-18-9-3-5-12-21(18)22/h2-5,8-9,11-12,16,19H,6-7,10,13-15H2,1H3. The summed E-state index contributed by atoms with van der Waals surface area (Å²) >= 11 is 0. The van der Waals surface area contributed by atoms with Gasteiger partial charge in [-0.1, -0.05) is 56.2 Å². The maximum atomic E-state index is 2.67. The Morgan fingerprint density at radius 3 is 2.00 bits per heavy atom. The first-order chi connectivity index (χ1) is 10.8. The highest BCUT2D eigenvalue weighted by Crippen LogP contribution is 2.41. The molecule has 22 heavy (non-hydrogen) atoms. The third kappa shape index (κ3) is 2.43. The lowest BCUT2D eigenvalue weighted by molar-refractivity contribution is 0.341. The van der Waals surface area contributed by atoms with Gasteiger partial charge in [0.2, 0.25) is 0 Å². The third-order valence-electron chi connectivity index (χ3n) is 5.44. The van der Waals surface area contributed by atoms with Gasteiger partial charge in [-0.15, -0.1) is 0 Å². The minimum absolute atomic E-state index is 0.657. The topological polar surface area (TPSA) is 3.24 Å². The van der Waals surface area contributed by atoms with E-state index in [9.17, 15) is 0 Å². The highest BCUT2D eigenvalue weighted by atomic mass is 15.2. The largest absolute Gasteiger partial charge is 0.338 e. The molecule has 114 valence electrons. The molecule has 1 nitrogen and oxygen atoms in total. The number of rotatable bonds is 1. The van der Waals surface area contributed by atoms with E-state index in [1.165, 1.54) is 48.2 Å². The maximum absolute atomic E-state index is 2.67. The summed E-state index contributed by atoms with van der Waals surface area (Å²) < 4.78 is 0. The second kappa shape index (κ2) is 5.79. The first-order valence-corrected chi connectivity index (χ1v) is 8.78. The summed E-state index contributed by atoms with van der Waals surface area (Å²) in [5, 5.41) is 0. The molecule has 2 aliphatic rings. The van der Waals surface area contributed by atoms with E-state index in [2.05, 4.69) is 60.4 Å². The SMILES string of the molecule is CC1CCCC(N2c3ccccc3CCc3ccccc32)C1. The molecule has 2 atom stereocenters. The van der Waals surface area contributed by atoms with Crippen LogP contribution in [-0.4, -0.2) is 6.04 Å². The van der Waals surface area contributed by atoms with E-state index in [1.54, 1.807) is 0 Å². The Morgan fingerprint density at radius 2 is 1.41 bits per heavy atom. The van der Waals surface area contributed by atoms with Gasteiger partial charge in [0.1, 0.15) is 0 Å². The monoisotopic (exact) mass is 291 g/mol. The Balaban J connectivity index is 1.83. The molecule has 0 N–H and O–H groups in total. The van der Waals surface area contributed by atoms with Gasteiger partial charge >= 0.3 is 0 Å². The van der Waals surface area contributed by atoms with Crippen molar-refractivity contribution < 1.29 is 0 Å². The predicted molar refractivity (Wildman–Crippen MR) is 93.9 cm³/mol. The van der Waals surface area contributed by atoms with Crippen molar-refractivity contribution in [3.63, 3.8) is 0 Å². The Morgan fingerprint density at radius 1 is 0.818 bits per heavy atom. The summed E-state index contributed by atoms with van der Waals surface area (Å²) in [6, 6.07) is 18.7. The fraction of sp³-hybridized carbons (Fsp3) is 0.429. The van der Waals surface area contributed by atoms with Crippen LogP contribution in [0.3, 0.4) is 0 Å². The molecule has 1 aliphatic heterocycles. The zero-order valence-electron chi connectivity index (χ0n) is 13.5. The van der Waals surface area contributed by atoms with Crippen molar-refractivity contribution in [3.8, 4) is 0 Å². The van der Waals surface area contributed by atoms with Crippen LogP contribution in [0, 0.1) is 5.92 Å². The lowest BCUT2D eigenvalue weighted by atomic mass is 9.85. The zero-order valence-corrected chi connectivity index (χ0v) is 13.5. The molecule has 0 spiro atoms. The van der Waals surface area contributed by atoms with E-state index < -0.39 is 0 Å². The Kier molecular flexibility index (Phi) is 3.65. The van der Waals surface area contributed by atoms with E-state index >= 15 is 0 Å². The van der Waals surface area contributed by atoms with Crippen LogP contribution in [0.2, 0.25) is 0 Å². The number of fused-ring (bicyclic) bond motifs is 2. The van der Waals surface area contributed by atoms with Gasteiger partial charge in [-0.05, 0) is 54.9 Å². The quantitative estimate of drug-likeness (QED) is 0.670. The fourth-order valence-electron chi connectivity index (χ4n) is 4.34. The molecular formula is C21H25N. The van der Waals surface area contributed by atoms with Gasteiger partial charge in [0.25, 0.3) is 0 Å². The van der Waals surface area contributed by atoms with Gasteiger partial charge in [-0.25, -0.2) is 0 Å². The zero-order chi connectivity index (χ0) is 14.9. The average molecular weight is 291 g/mol. The second-order valence-corrected chi connectivity index (χ2v) is 7.05. The number of nitrogens with zero attached hydrogens (tertiary/aromatic N) is 1. The van der Waals surface area contributed by atoms with Crippen LogP contribution in [0.4, 0.5) is 11.4 Å². The number of anilines is 2. The smallest absolute Gasteiger partial charge is 0.0446 e. The molecule has 0 aromatic heterocycles. The molecule has 0 saturated heterocycles. The van der Waals surface area contributed by atoms with Crippen molar-refractivity contribution in [2.45, 2.75) is 51.5 Å². The van der Waals surface area contributed by atoms with Crippen LogP contribution >= 0.6 is 0 Å². The van der Waals surface area contributed by atoms with Crippen molar-refractivity contribution in [2.24, 2.45) is 5.92 Å². The summed E-state index contributed by atoms with van der Waals surface area (Å²) in [6.45, 7) is 2.42. The summed E-state index contributed by atoms with van der Waals surface area (Å²) in [7, 11) is 0. The van der Waals surface area contributed by atoms with Gasteiger partial charge in [-0.3, -0.25) is 0 Å². The summed E-state index contributed by atoms with van der Waals surface area (Å²) in [6.07, 6.45) is 7.73. The highest BCUT2D eigenvalue weighted by molar-refractivity contribution is 5.72. The molecule has 1 saturated carbocycles. The molecule has 1 aliphatic carbocycles. The van der Waals surface area contributed by atoms with Crippen LogP contribution in [0.1, 0.15) is 43.7 Å². The second-order valence-electron chi connectivity index (χ2n) is 7.05. The number of hydrogen-bond acceptors (Lipinski definition) is 1. The molecule has 1 fully saturated rings. The fourth-order valence-corrected chi connectivity index (χ4v) is 4.34. The van der Waals surface area contributed by atoms with Gasteiger partial charge < -0.3 is 4.90 Å². The summed E-state index contributed by atoms with van der Waals surface area (Å²) in [5.74, 6) is 0.848. The molecule has 1 heterocycles. The Hall–Kier alpha value is -1.76. The minimum atomic E-state index is 0.657. The number of benzene rings is 2. The van der Waals surface area contributed by atoms with E-state index in [0.717, 1.165) is 18.8 Å². The molecule has 2 unspecified atom stereocenters. The van der Waals surface area contributed by atoms with Crippen molar-refractivity contribution in [1.29, 1.82) is 0 Å². The van der Waals surface area contributed by atoms with Crippen molar-refractivity contribution >= 4 is 11.4 Å². The molecule has 0 radical (unpaired) electrons. The van der Waals surface area contributed by atoms with Crippen LogP contribution < -0.4 is 4.90 Å².